The number of H-pyrrole nitrogens is 1. The van der Waals surface area contributed by atoms with Crippen LogP contribution in [0.25, 0.3) is 0 Å². The van der Waals surface area contributed by atoms with Crippen molar-refractivity contribution in [2.24, 2.45) is 0 Å². The Morgan fingerprint density at radius 1 is 1.29 bits per heavy atom. The zero-order valence-electron chi connectivity index (χ0n) is 15.6. The summed E-state index contributed by atoms with van der Waals surface area (Å²) in [4.78, 5) is 12.5. The van der Waals surface area contributed by atoms with Crippen LogP contribution in [0.2, 0.25) is 0 Å². The van der Waals surface area contributed by atoms with Crippen LogP contribution in [-0.4, -0.2) is 20.7 Å². The first-order chi connectivity index (χ1) is 13.4. The maximum Gasteiger partial charge on any atom is 0.251 e. The number of aromatic nitrogens is 3. The zero-order valence-corrected chi connectivity index (χ0v) is 16.4. The Hall–Kier alpha value is -3.00. The maximum atomic E-state index is 13.2. The largest absolute Gasteiger partial charge is 0.489 e. The highest BCUT2D eigenvalue weighted by molar-refractivity contribution is 7.71. The highest BCUT2D eigenvalue weighted by atomic mass is 32.1. The Bertz CT molecular complexity index is 1030. The minimum Gasteiger partial charge on any atom is -0.489 e. The molecule has 1 amide bonds. The first kappa shape index (κ1) is 19.8. The van der Waals surface area contributed by atoms with Crippen molar-refractivity contribution in [1.82, 2.24) is 20.1 Å². The van der Waals surface area contributed by atoms with E-state index in [2.05, 4.69) is 15.5 Å². The Morgan fingerprint density at radius 2 is 2.07 bits per heavy atom. The quantitative estimate of drug-likeness (QED) is 0.584. The van der Waals surface area contributed by atoms with E-state index in [0.717, 1.165) is 5.56 Å². The van der Waals surface area contributed by atoms with Crippen molar-refractivity contribution in [2.75, 3.05) is 0 Å². The summed E-state index contributed by atoms with van der Waals surface area (Å²) in [5, 5.41) is 9.77. The minimum absolute atomic E-state index is 0.140. The number of hydrogen-bond acceptors (Lipinski definition) is 4. The monoisotopic (exact) mass is 400 g/mol. The van der Waals surface area contributed by atoms with Crippen LogP contribution < -0.4 is 10.1 Å². The van der Waals surface area contributed by atoms with Gasteiger partial charge >= 0.3 is 0 Å². The van der Waals surface area contributed by atoms with Crippen LogP contribution in [0.3, 0.4) is 0 Å². The molecule has 146 valence electrons. The van der Waals surface area contributed by atoms with Crippen molar-refractivity contribution in [3.63, 3.8) is 0 Å². The second-order valence-electron chi connectivity index (χ2n) is 6.54. The topological polar surface area (TPSA) is 71.9 Å². The zero-order chi connectivity index (χ0) is 20.1. The molecule has 0 radical (unpaired) electrons. The van der Waals surface area contributed by atoms with E-state index in [9.17, 15) is 9.18 Å². The van der Waals surface area contributed by atoms with Crippen molar-refractivity contribution >= 4 is 18.1 Å². The Morgan fingerprint density at radius 3 is 2.82 bits per heavy atom. The summed E-state index contributed by atoms with van der Waals surface area (Å²) in [5.74, 6) is 0.520. The molecule has 0 spiro atoms. The highest BCUT2D eigenvalue weighted by Gasteiger charge is 2.12. The van der Waals surface area contributed by atoms with Gasteiger partial charge in [-0.2, -0.15) is 5.10 Å². The molecule has 0 saturated carbocycles. The standard InChI is InChI=1S/C20H21FN4O2S/c1-13(2)25-18(23-24-20(25)28)11-22-19(26)15-6-3-5-14(9-15)12-27-17-8-4-7-16(21)10-17/h3-10,13H,11-12H2,1-2H3,(H,22,26)(H,24,28). The molecule has 3 rings (SSSR count). The Kier molecular flexibility index (Phi) is 6.20. The Labute approximate surface area is 167 Å². The molecule has 2 aromatic carbocycles. The van der Waals surface area contributed by atoms with Crippen LogP contribution >= 0.6 is 12.2 Å². The van der Waals surface area contributed by atoms with Crippen LogP contribution in [-0.2, 0) is 13.2 Å². The molecular weight excluding hydrogens is 379 g/mol. The summed E-state index contributed by atoms with van der Waals surface area (Å²) < 4.78 is 21.2. The summed E-state index contributed by atoms with van der Waals surface area (Å²) >= 11 is 5.21. The Balaban J connectivity index is 1.63. The van der Waals surface area contributed by atoms with Gasteiger partial charge in [0.15, 0.2) is 10.6 Å². The molecular formula is C20H21FN4O2S. The van der Waals surface area contributed by atoms with E-state index in [1.807, 2.05) is 24.5 Å². The number of nitrogens with one attached hydrogen (secondary N) is 2. The van der Waals surface area contributed by atoms with E-state index < -0.39 is 0 Å². The fourth-order valence-electron chi connectivity index (χ4n) is 2.78. The first-order valence-electron chi connectivity index (χ1n) is 8.85. The molecule has 2 N–H and O–H groups in total. The van der Waals surface area contributed by atoms with Gasteiger partial charge in [0.25, 0.3) is 5.91 Å². The molecule has 1 aromatic heterocycles. The summed E-state index contributed by atoms with van der Waals surface area (Å²) in [5.41, 5.74) is 1.31. The van der Waals surface area contributed by atoms with Gasteiger partial charge in [0, 0.05) is 17.7 Å². The summed E-state index contributed by atoms with van der Waals surface area (Å²) in [6.07, 6.45) is 0. The van der Waals surface area contributed by atoms with Gasteiger partial charge in [-0.25, -0.2) is 4.39 Å². The van der Waals surface area contributed by atoms with Crippen LogP contribution in [0.4, 0.5) is 4.39 Å². The van der Waals surface area contributed by atoms with Gasteiger partial charge in [-0.3, -0.25) is 9.89 Å². The van der Waals surface area contributed by atoms with E-state index in [4.69, 9.17) is 17.0 Å². The van der Waals surface area contributed by atoms with E-state index in [0.29, 0.717) is 21.9 Å². The molecule has 8 heteroatoms. The number of halogens is 1. The molecule has 0 atom stereocenters. The number of aromatic amines is 1. The molecule has 0 unspecified atom stereocenters. The number of carbonyl (C=O) groups is 1. The molecule has 3 aromatic rings. The van der Waals surface area contributed by atoms with Gasteiger partial charge in [0.1, 0.15) is 18.2 Å². The second-order valence-corrected chi connectivity index (χ2v) is 6.92. The first-order valence-corrected chi connectivity index (χ1v) is 9.26. The van der Waals surface area contributed by atoms with E-state index in [-0.39, 0.29) is 30.9 Å². The maximum absolute atomic E-state index is 13.2. The lowest BCUT2D eigenvalue weighted by atomic mass is 10.1. The van der Waals surface area contributed by atoms with Crippen molar-refractivity contribution < 1.29 is 13.9 Å². The molecule has 0 saturated heterocycles. The molecule has 6 nitrogen and oxygen atoms in total. The van der Waals surface area contributed by atoms with Crippen LogP contribution in [0.15, 0.2) is 48.5 Å². The molecule has 28 heavy (non-hydrogen) atoms. The van der Waals surface area contributed by atoms with Crippen molar-refractivity contribution in [1.29, 1.82) is 0 Å². The summed E-state index contributed by atoms with van der Waals surface area (Å²) in [7, 11) is 0. The fourth-order valence-corrected chi connectivity index (χ4v) is 3.14. The van der Waals surface area contributed by atoms with E-state index in [1.165, 1.54) is 12.1 Å². The average Bonchev–Trinajstić information content (AvgIpc) is 3.05. The van der Waals surface area contributed by atoms with E-state index in [1.54, 1.807) is 30.3 Å². The second kappa shape index (κ2) is 8.79. The van der Waals surface area contributed by atoms with Gasteiger partial charge in [0.05, 0.1) is 6.54 Å². The van der Waals surface area contributed by atoms with Crippen LogP contribution in [0.1, 0.15) is 41.6 Å². The number of nitrogens with zero attached hydrogens (tertiary/aromatic N) is 2. The normalized spacial score (nSPS) is 10.9. The lowest BCUT2D eigenvalue weighted by Gasteiger charge is -2.11. The third-order valence-electron chi connectivity index (χ3n) is 4.09. The van der Waals surface area contributed by atoms with Gasteiger partial charge in [-0.05, 0) is 55.9 Å². The van der Waals surface area contributed by atoms with Gasteiger partial charge in [0.2, 0.25) is 0 Å². The molecule has 0 fully saturated rings. The summed E-state index contributed by atoms with van der Waals surface area (Å²) in [6, 6.07) is 13.2. The average molecular weight is 400 g/mol. The van der Waals surface area contributed by atoms with Gasteiger partial charge in [-0.15, -0.1) is 0 Å². The van der Waals surface area contributed by atoms with E-state index >= 15 is 0 Å². The third kappa shape index (κ3) is 4.83. The van der Waals surface area contributed by atoms with Gasteiger partial charge in [-0.1, -0.05) is 18.2 Å². The molecule has 0 aliphatic heterocycles. The lowest BCUT2D eigenvalue weighted by molar-refractivity contribution is 0.0949. The number of rotatable bonds is 7. The van der Waals surface area contributed by atoms with Gasteiger partial charge < -0.3 is 14.6 Å². The minimum atomic E-state index is -0.357. The van der Waals surface area contributed by atoms with Crippen molar-refractivity contribution in [3.05, 3.63) is 76.1 Å². The predicted molar refractivity (Wildman–Crippen MR) is 106 cm³/mol. The number of hydrogen-bond donors (Lipinski definition) is 2. The number of carbonyl (C=O) groups excluding carboxylic acids is 1. The van der Waals surface area contributed by atoms with Crippen LogP contribution in [0.5, 0.6) is 5.75 Å². The summed E-state index contributed by atoms with van der Waals surface area (Å²) in [6.45, 7) is 4.49. The van der Waals surface area contributed by atoms with Crippen molar-refractivity contribution in [2.45, 2.75) is 33.0 Å². The SMILES string of the molecule is CC(C)n1c(CNC(=O)c2cccc(COc3cccc(F)c3)c2)n[nH]c1=S. The fraction of sp³-hybridized carbons (Fsp3) is 0.250. The molecule has 0 aliphatic rings. The predicted octanol–water partition coefficient (Wildman–Crippen LogP) is 4.17. The number of amides is 1. The lowest BCUT2D eigenvalue weighted by Crippen LogP contribution is -2.25. The van der Waals surface area contributed by atoms with Crippen molar-refractivity contribution in [3.8, 4) is 5.75 Å². The smallest absolute Gasteiger partial charge is 0.251 e. The molecule has 0 aliphatic carbocycles. The number of ether oxygens (including phenoxy) is 1. The molecule has 0 bridgehead atoms. The third-order valence-corrected chi connectivity index (χ3v) is 4.38. The van der Waals surface area contributed by atoms with Crippen LogP contribution in [0, 0.1) is 10.6 Å². The highest BCUT2D eigenvalue weighted by Crippen LogP contribution is 2.15. The molecule has 1 heterocycles. The number of benzene rings is 2.